The fourth-order valence-corrected chi connectivity index (χ4v) is 1.67. The van der Waals surface area contributed by atoms with Crippen LogP contribution < -0.4 is 5.32 Å². The van der Waals surface area contributed by atoms with Crippen molar-refractivity contribution in [2.75, 3.05) is 5.32 Å². The van der Waals surface area contributed by atoms with E-state index in [2.05, 4.69) is 28.2 Å². The van der Waals surface area contributed by atoms with E-state index in [-0.39, 0.29) is 5.91 Å². The van der Waals surface area contributed by atoms with Crippen molar-refractivity contribution in [1.29, 1.82) is 0 Å². The average Bonchev–Trinajstić information content (AvgIpc) is 2.20. The van der Waals surface area contributed by atoms with Crippen molar-refractivity contribution in [2.24, 2.45) is 0 Å². The molecule has 1 aromatic carbocycles. The van der Waals surface area contributed by atoms with E-state index in [0.29, 0.717) is 17.1 Å². The highest BCUT2D eigenvalue weighted by molar-refractivity contribution is 9.10. The van der Waals surface area contributed by atoms with E-state index in [1.165, 1.54) is 0 Å². The minimum Gasteiger partial charge on any atom is -0.325 e. The fraction of sp³-hybridized carbons (Fsp3) is 0.364. The molecule has 1 amide bonds. The van der Waals surface area contributed by atoms with Gasteiger partial charge in [-0.1, -0.05) is 40.9 Å². The minimum absolute atomic E-state index is 0.0110. The molecule has 0 bridgehead atoms. The van der Waals surface area contributed by atoms with Gasteiger partial charge in [0.15, 0.2) is 0 Å². The first kappa shape index (κ1) is 12.5. The lowest BCUT2D eigenvalue weighted by molar-refractivity contribution is -0.116. The lowest BCUT2D eigenvalue weighted by Gasteiger charge is -2.07. The number of rotatable bonds is 4. The maximum atomic E-state index is 11.4. The molecule has 15 heavy (non-hydrogen) atoms. The van der Waals surface area contributed by atoms with Crippen molar-refractivity contribution in [3.63, 3.8) is 0 Å². The summed E-state index contributed by atoms with van der Waals surface area (Å²) in [4.78, 5) is 11.4. The van der Waals surface area contributed by atoms with E-state index in [9.17, 15) is 4.79 Å². The molecule has 0 atom stereocenters. The third-order valence-corrected chi connectivity index (χ3v) is 2.78. The van der Waals surface area contributed by atoms with Gasteiger partial charge in [-0.25, -0.2) is 0 Å². The Bertz CT molecular complexity index is 354. The molecule has 1 aromatic rings. The highest BCUT2D eigenvalue weighted by Crippen LogP contribution is 2.25. The third-order valence-electron chi connectivity index (χ3n) is 1.96. The lowest BCUT2D eigenvalue weighted by Crippen LogP contribution is -2.11. The first-order chi connectivity index (χ1) is 7.13. The maximum Gasteiger partial charge on any atom is 0.224 e. The first-order valence-electron chi connectivity index (χ1n) is 4.88. The van der Waals surface area contributed by atoms with E-state index >= 15 is 0 Å². The van der Waals surface area contributed by atoms with Crippen molar-refractivity contribution in [3.05, 3.63) is 27.7 Å². The molecular formula is C11H13BrClNO. The van der Waals surface area contributed by atoms with Gasteiger partial charge in [0, 0.05) is 10.9 Å². The number of nitrogens with one attached hydrogen (secondary N) is 1. The predicted molar refractivity (Wildman–Crippen MR) is 67.3 cm³/mol. The van der Waals surface area contributed by atoms with Gasteiger partial charge < -0.3 is 5.32 Å². The fourth-order valence-electron chi connectivity index (χ4n) is 1.14. The molecule has 0 aliphatic heterocycles. The second kappa shape index (κ2) is 6.13. The standard InChI is InChI=1S/C11H13BrClNO/c1-2-3-4-11(15)14-10-7-8(12)5-6-9(10)13/h5-7H,2-4H2,1H3,(H,14,15). The summed E-state index contributed by atoms with van der Waals surface area (Å²) in [6, 6.07) is 5.39. The molecule has 0 spiro atoms. The average molecular weight is 291 g/mol. The Morgan fingerprint density at radius 2 is 2.27 bits per heavy atom. The molecule has 1 N–H and O–H groups in total. The molecule has 0 aromatic heterocycles. The molecule has 4 heteroatoms. The number of amides is 1. The van der Waals surface area contributed by atoms with Crippen molar-refractivity contribution in [1.82, 2.24) is 0 Å². The van der Waals surface area contributed by atoms with Gasteiger partial charge in [0.05, 0.1) is 10.7 Å². The molecule has 0 unspecified atom stereocenters. The molecule has 0 saturated heterocycles. The molecule has 0 fully saturated rings. The largest absolute Gasteiger partial charge is 0.325 e. The summed E-state index contributed by atoms with van der Waals surface area (Å²) < 4.78 is 0.901. The van der Waals surface area contributed by atoms with Gasteiger partial charge in [0.1, 0.15) is 0 Å². The lowest BCUT2D eigenvalue weighted by atomic mass is 10.2. The van der Waals surface area contributed by atoms with Gasteiger partial charge in [-0.2, -0.15) is 0 Å². The summed E-state index contributed by atoms with van der Waals surface area (Å²) in [7, 11) is 0. The number of unbranched alkanes of at least 4 members (excludes halogenated alkanes) is 1. The van der Waals surface area contributed by atoms with E-state index in [1.807, 2.05) is 6.07 Å². The Kier molecular flexibility index (Phi) is 5.12. The smallest absolute Gasteiger partial charge is 0.224 e. The van der Waals surface area contributed by atoms with Gasteiger partial charge in [0.25, 0.3) is 0 Å². The Labute approximate surface area is 103 Å². The van der Waals surface area contributed by atoms with Crippen LogP contribution in [0.1, 0.15) is 26.2 Å². The van der Waals surface area contributed by atoms with E-state index < -0.39 is 0 Å². The number of benzene rings is 1. The number of halogens is 2. The summed E-state index contributed by atoms with van der Waals surface area (Å²) in [5.41, 5.74) is 0.659. The highest BCUT2D eigenvalue weighted by Gasteiger charge is 2.05. The Morgan fingerprint density at radius 1 is 1.53 bits per heavy atom. The van der Waals surface area contributed by atoms with E-state index in [0.717, 1.165) is 17.3 Å². The Morgan fingerprint density at radius 3 is 2.93 bits per heavy atom. The summed E-state index contributed by atoms with van der Waals surface area (Å²) in [6.45, 7) is 2.05. The van der Waals surface area contributed by atoms with Crippen LogP contribution >= 0.6 is 27.5 Å². The summed E-state index contributed by atoms with van der Waals surface area (Å²) >= 11 is 9.27. The van der Waals surface area contributed by atoms with Crippen LogP contribution in [-0.4, -0.2) is 5.91 Å². The number of anilines is 1. The number of hydrogen-bond acceptors (Lipinski definition) is 1. The first-order valence-corrected chi connectivity index (χ1v) is 6.05. The second-order valence-electron chi connectivity index (χ2n) is 3.28. The van der Waals surface area contributed by atoms with E-state index in [4.69, 9.17) is 11.6 Å². The zero-order valence-electron chi connectivity index (χ0n) is 8.52. The van der Waals surface area contributed by atoms with Crippen LogP contribution in [-0.2, 0) is 4.79 Å². The van der Waals surface area contributed by atoms with Crippen LogP contribution in [0.15, 0.2) is 22.7 Å². The van der Waals surface area contributed by atoms with Crippen LogP contribution in [0, 0.1) is 0 Å². The number of carbonyl (C=O) groups is 1. The molecule has 0 aliphatic carbocycles. The quantitative estimate of drug-likeness (QED) is 0.883. The van der Waals surface area contributed by atoms with Crippen LogP contribution in [0.4, 0.5) is 5.69 Å². The predicted octanol–water partition coefficient (Wildman–Crippen LogP) is 4.23. The van der Waals surface area contributed by atoms with Gasteiger partial charge in [-0.15, -0.1) is 0 Å². The van der Waals surface area contributed by atoms with Crippen LogP contribution in [0.2, 0.25) is 5.02 Å². The summed E-state index contributed by atoms with van der Waals surface area (Å²) in [5, 5.41) is 3.34. The zero-order chi connectivity index (χ0) is 11.3. The van der Waals surface area contributed by atoms with Crippen LogP contribution in [0.5, 0.6) is 0 Å². The van der Waals surface area contributed by atoms with Crippen LogP contribution in [0.25, 0.3) is 0 Å². The second-order valence-corrected chi connectivity index (χ2v) is 4.60. The third kappa shape index (κ3) is 4.22. The zero-order valence-corrected chi connectivity index (χ0v) is 10.9. The van der Waals surface area contributed by atoms with E-state index in [1.54, 1.807) is 12.1 Å². The normalized spacial score (nSPS) is 10.1. The topological polar surface area (TPSA) is 29.1 Å². The van der Waals surface area contributed by atoms with Gasteiger partial charge in [-0.05, 0) is 24.6 Å². The molecule has 0 aliphatic rings. The SMILES string of the molecule is CCCCC(=O)Nc1cc(Br)ccc1Cl. The van der Waals surface area contributed by atoms with Gasteiger partial charge in [0.2, 0.25) is 5.91 Å². The van der Waals surface area contributed by atoms with Gasteiger partial charge >= 0.3 is 0 Å². The molecule has 82 valence electrons. The monoisotopic (exact) mass is 289 g/mol. The summed E-state index contributed by atoms with van der Waals surface area (Å²) in [6.07, 6.45) is 2.45. The van der Waals surface area contributed by atoms with Crippen molar-refractivity contribution in [3.8, 4) is 0 Å². The number of hydrogen-bond donors (Lipinski definition) is 1. The highest BCUT2D eigenvalue weighted by atomic mass is 79.9. The molecule has 1 rings (SSSR count). The molecule has 0 saturated carbocycles. The minimum atomic E-state index is 0.0110. The van der Waals surface area contributed by atoms with Crippen LogP contribution in [0.3, 0.4) is 0 Å². The maximum absolute atomic E-state index is 11.4. The Balaban J connectivity index is 2.63. The van der Waals surface area contributed by atoms with Crippen molar-refractivity contribution >= 4 is 39.1 Å². The molecule has 0 radical (unpaired) electrons. The molecule has 2 nitrogen and oxygen atoms in total. The summed E-state index contributed by atoms with van der Waals surface area (Å²) in [5.74, 6) is 0.0110. The molecule has 0 heterocycles. The Hall–Kier alpha value is -0.540. The van der Waals surface area contributed by atoms with Gasteiger partial charge in [-0.3, -0.25) is 4.79 Å². The van der Waals surface area contributed by atoms with Crippen molar-refractivity contribution < 1.29 is 4.79 Å². The number of carbonyl (C=O) groups excluding carboxylic acids is 1. The molecular weight excluding hydrogens is 277 g/mol. The van der Waals surface area contributed by atoms with Crippen molar-refractivity contribution in [2.45, 2.75) is 26.2 Å².